The number of benzene rings is 3. The van der Waals surface area contributed by atoms with Gasteiger partial charge in [0.25, 0.3) is 0 Å². The van der Waals surface area contributed by atoms with E-state index in [-0.39, 0.29) is 17.9 Å². The number of ether oxygens (including phenoxy) is 1. The van der Waals surface area contributed by atoms with Crippen molar-refractivity contribution < 1.29 is 9.53 Å². The SMILES string of the molecule is CC(NC(=O)C1CC1)c1nc2ccccc2n1CCCOc1ccc2ccccc2c1. The highest BCUT2D eigenvalue weighted by atomic mass is 16.5. The molecule has 158 valence electrons. The lowest BCUT2D eigenvalue weighted by atomic mass is 10.1. The Kier molecular flexibility index (Phi) is 5.33. The number of nitrogens with one attached hydrogen (secondary N) is 1. The molecule has 1 N–H and O–H groups in total. The van der Waals surface area contributed by atoms with Crippen LogP contribution in [0.15, 0.2) is 66.7 Å². The monoisotopic (exact) mass is 413 g/mol. The van der Waals surface area contributed by atoms with Crippen LogP contribution >= 0.6 is 0 Å². The molecule has 1 unspecified atom stereocenters. The van der Waals surface area contributed by atoms with E-state index in [0.717, 1.165) is 48.4 Å². The van der Waals surface area contributed by atoms with Crippen molar-refractivity contribution in [3.8, 4) is 5.75 Å². The highest BCUT2D eigenvalue weighted by Gasteiger charge is 2.31. The molecule has 1 saturated carbocycles. The summed E-state index contributed by atoms with van der Waals surface area (Å²) in [6, 6.07) is 22.5. The first-order valence-corrected chi connectivity index (χ1v) is 11.1. The van der Waals surface area contributed by atoms with Crippen LogP contribution in [0.4, 0.5) is 0 Å². The maximum atomic E-state index is 12.3. The number of nitrogens with zero attached hydrogens (tertiary/aromatic N) is 2. The molecule has 1 heterocycles. The Morgan fingerprint density at radius 3 is 2.71 bits per heavy atom. The third-order valence-corrected chi connectivity index (χ3v) is 5.89. The fourth-order valence-electron chi connectivity index (χ4n) is 4.07. The van der Waals surface area contributed by atoms with Gasteiger partial charge in [0.15, 0.2) is 0 Å². The van der Waals surface area contributed by atoms with E-state index in [1.807, 2.05) is 43.3 Å². The maximum Gasteiger partial charge on any atom is 0.223 e. The van der Waals surface area contributed by atoms with Gasteiger partial charge >= 0.3 is 0 Å². The molecule has 5 nitrogen and oxygen atoms in total. The third-order valence-electron chi connectivity index (χ3n) is 5.89. The number of fused-ring (bicyclic) bond motifs is 2. The molecule has 1 aromatic heterocycles. The fourth-order valence-corrected chi connectivity index (χ4v) is 4.07. The molecule has 0 saturated heterocycles. The first-order chi connectivity index (χ1) is 15.2. The molecule has 5 heteroatoms. The van der Waals surface area contributed by atoms with Gasteiger partial charge in [-0.2, -0.15) is 0 Å². The topological polar surface area (TPSA) is 56.2 Å². The summed E-state index contributed by atoms with van der Waals surface area (Å²) >= 11 is 0. The number of carbonyl (C=O) groups is 1. The van der Waals surface area contributed by atoms with Gasteiger partial charge in [-0.3, -0.25) is 4.79 Å². The Bertz CT molecular complexity index is 1230. The van der Waals surface area contributed by atoms with Crippen LogP contribution in [0.1, 0.15) is 38.1 Å². The van der Waals surface area contributed by atoms with E-state index in [4.69, 9.17) is 9.72 Å². The van der Waals surface area contributed by atoms with Gasteiger partial charge in [-0.05, 0) is 61.2 Å². The minimum absolute atomic E-state index is 0.123. The Balaban J connectivity index is 1.27. The van der Waals surface area contributed by atoms with E-state index >= 15 is 0 Å². The Labute approximate surface area is 182 Å². The van der Waals surface area contributed by atoms with E-state index < -0.39 is 0 Å². The van der Waals surface area contributed by atoms with E-state index in [1.54, 1.807) is 0 Å². The highest BCUT2D eigenvalue weighted by molar-refractivity contribution is 5.83. The zero-order valence-electron chi connectivity index (χ0n) is 17.8. The van der Waals surface area contributed by atoms with Crippen LogP contribution < -0.4 is 10.1 Å². The summed E-state index contributed by atoms with van der Waals surface area (Å²) in [6.45, 7) is 3.42. The largest absolute Gasteiger partial charge is 0.494 e. The molecule has 0 spiro atoms. The van der Waals surface area contributed by atoms with Crippen LogP contribution in [0, 0.1) is 5.92 Å². The molecule has 0 radical (unpaired) electrons. The summed E-state index contributed by atoms with van der Waals surface area (Å²) in [4.78, 5) is 17.1. The second-order valence-corrected chi connectivity index (χ2v) is 8.33. The van der Waals surface area contributed by atoms with Gasteiger partial charge in [-0.25, -0.2) is 4.98 Å². The lowest BCUT2D eigenvalue weighted by Gasteiger charge is -2.16. The molecule has 1 aliphatic rings. The lowest BCUT2D eigenvalue weighted by molar-refractivity contribution is -0.123. The van der Waals surface area contributed by atoms with Crippen LogP contribution in [0.2, 0.25) is 0 Å². The van der Waals surface area contributed by atoms with Crippen LogP contribution in [-0.4, -0.2) is 22.1 Å². The van der Waals surface area contributed by atoms with Gasteiger partial charge in [0.2, 0.25) is 5.91 Å². The van der Waals surface area contributed by atoms with Gasteiger partial charge in [0.1, 0.15) is 11.6 Å². The van der Waals surface area contributed by atoms with Crippen molar-refractivity contribution in [3.63, 3.8) is 0 Å². The molecule has 3 aromatic carbocycles. The molecule has 1 atom stereocenters. The van der Waals surface area contributed by atoms with Crippen molar-refractivity contribution in [2.75, 3.05) is 6.61 Å². The van der Waals surface area contributed by atoms with Crippen LogP contribution in [0.25, 0.3) is 21.8 Å². The summed E-state index contributed by atoms with van der Waals surface area (Å²) in [5.41, 5.74) is 2.05. The lowest BCUT2D eigenvalue weighted by Crippen LogP contribution is -2.30. The van der Waals surface area contributed by atoms with Crippen molar-refractivity contribution in [2.24, 2.45) is 5.92 Å². The molecule has 1 aliphatic carbocycles. The first kappa shape index (κ1) is 19.6. The van der Waals surface area contributed by atoms with Crippen molar-refractivity contribution >= 4 is 27.7 Å². The van der Waals surface area contributed by atoms with E-state index in [9.17, 15) is 4.79 Å². The molecule has 31 heavy (non-hydrogen) atoms. The minimum atomic E-state index is -0.123. The average Bonchev–Trinajstić information content (AvgIpc) is 3.58. The molecular weight excluding hydrogens is 386 g/mol. The quantitative estimate of drug-likeness (QED) is 0.402. The summed E-state index contributed by atoms with van der Waals surface area (Å²) in [7, 11) is 0. The van der Waals surface area contributed by atoms with Gasteiger partial charge in [-0.15, -0.1) is 0 Å². The summed E-state index contributed by atoms with van der Waals surface area (Å²) in [5, 5.41) is 5.54. The molecule has 0 aliphatic heterocycles. The number of hydrogen-bond acceptors (Lipinski definition) is 3. The maximum absolute atomic E-state index is 12.3. The number of rotatable bonds is 8. The number of amides is 1. The molecule has 1 amide bonds. The number of carbonyl (C=O) groups excluding carboxylic acids is 1. The van der Waals surface area contributed by atoms with Crippen molar-refractivity contribution in [1.29, 1.82) is 0 Å². The molecular formula is C26H27N3O2. The normalized spacial score (nSPS) is 14.6. The first-order valence-electron chi connectivity index (χ1n) is 11.1. The predicted octanol–water partition coefficient (Wildman–Crippen LogP) is 5.25. The molecule has 0 bridgehead atoms. The van der Waals surface area contributed by atoms with E-state index in [0.29, 0.717) is 6.61 Å². The number of hydrogen-bond donors (Lipinski definition) is 1. The van der Waals surface area contributed by atoms with E-state index in [1.165, 1.54) is 10.8 Å². The average molecular weight is 414 g/mol. The van der Waals surface area contributed by atoms with E-state index in [2.05, 4.69) is 40.2 Å². The molecule has 5 rings (SSSR count). The minimum Gasteiger partial charge on any atom is -0.494 e. The smallest absolute Gasteiger partial charge is 0.223 e. The number of aryl methyl sites for hydroxylation is 1. The molecule has 1 fully saturated rings. The number of para-hydroxylation sites is 2. The Morgan fingerprint density at radius 2 is 1.87 bits per heavy atom. The second kappa shape index (κ2) is 8.42. The zero-order valence-corrected chi connectivity index (χ0v) is 17.8. The molecule has 4 aromatic rings. The zero-order chi connectivity index (χ0) is 21.2. The summed E-state index contributed by atoms with van der Waals surface area (Å²) < 4.78 is 8.24. The number of aromatic nitrogens is 2. The standard InChI is InChI=1S/C26H27N3O2/c1-18(27-26(30)20-11-12-20)25-28-23-9-4-5-10-24(23)29(25)15-6-16-31-22-14-13-19-7-2-3-8-21(19)17-22/h2-5,7-10,13-14,17-18,20H,6,11-12,15-16H2,1H3,(H,27,30). The van der Waals surface area contributed by atoms with Gasteiger partial charge in [0.05, 0.1) is 23.7 Å². The van der Waals surface area contributed by atoms with Gasteiger partial charge in [-0.1, -0.05) is 42.5 Å². The Morgan fingerprint density at radius 1 is 1.10 bits per heavy atom. The Hall–Kier alpha value is -3.34. The van der Waals surface area contributed by atoms with Crippen LogP contribution in [0.5, 0.6) is 5.75 Å². The van der Waals surface area contributed by atoms with Gasteiger partial charge in [0, 0.05) is 12.5 Å². The van der Waals surface area contributed by atoms with Crippen LogP contribution in [-0.2, 0) is 11.3 Å². The highest BCUT2D eigenvalue weighted by Crippen LogP contribution is 2.30. The van der Waals surface area contributed by atoms with Crippen LogP contribution in [0.3, 0.4) is 0 Å². The fraction of sp³-hybridized carbons (Fsp3) is 0.308. The summed E-state index contributed by atoms with van der Waals surface area (Å²) in [5.74, 6) is 2.13. The van der Waals surface area contributed by atoms with Crippen molar-refractivity contribution in [1.82, 2.24) is 14.9 Å². The second-order valence-electron chi connectivity index (χ2n) is 8.33. The number of imidazole rings is 1. The van der Waals surface area contributed by atoms with Crippen molar-refractivity contribution in [2.45, 2.75) is 38.8 Å². The third kappa shape index (κ3) is 4.26. The summed E-state index contributed by atoms with van der Waals surface area (Å²) in [6.07, 6.45) is 2.85. The predicted molar refractivity (Wildman–Crippen MR) is 123 cm³/mol. The van der Waals surface area contributed by atoms with Crippen molar-refractivity contribution in [3.05, 3.63) is 72.6 Å². The van der Waals surface area contributed by atoms with Gasteiger partial charge < -0.3 is 14.6 Å².